The highest BCUT2D eigenvalue weighted by molar-refractivity contribution is 5.76. The largest absolute Gasteiger partial charge is 0.341 e. The Hall–Kier alpha value is -4.60. The summed E-state index contributed by atoms with van der Waals surface area (Å²) in [6.45, 7) is 3.43. The van der Waals surface area contributed by atoms with Crippen molar-refractivity contribution in [1.82, 2.24) is 18.7 Å². The van der Waals surface area contributed by atoms with Crippen LogP contribution < -0.4 is 21.9 Å². The number of fused-ring (bicyclic) bond motifs is 1. The van der Waals surface area contributed by atoms with Crippen LogP contribution in [-0.4, -0.2) is 37.8 Å². The summed E-state index contributed by atoms with van der Waals surface area (Å²) in [5.41, 5.74) is 7.81. The molecule has 3 heterocycles. The number of para-hydroxylation sites is 1. The molecule has 186 valence electrons. The van der Waals surface area contributed by atoms with Crippen LogP contribution in [0.2, 0.25) is 0 Å². The SMILES string of the molecule is CC#CCn1c(N2CCCC(N)C2)nc2c1c(=O)n(Cc1ccc(C#N)cc1)c(=O)n2-c1ccccc1. The topological polar surface area (TPSA) is 115 Å². The molecule has 0 radical (unpaired) electrons. The van der Waals surface area contributed by atoms with E-state index in [1.807, 2.05) is 30.3 Å². The first-order valence-electron chi connectivity index (χ1n) is 12.2. The van der Waals surface area contributed by atoms with Crippen molar-refractivity contribution in [2.45, 2.75) is 38.9 Å². The molecule has 0 saturated carbocycles. The van der Waals surface area contributed by atoms with Crippen LogP contribution in [0.25, 0.3) is 16.9 Å². The number of hydrogen-bond acceptors (Lipinski definition) is 6. The lowest BCUT2D eigenvalue weighted by Crippen LogP contribution is -2.44. The zero-order chi connectivity index (χ0) is 25.9. The Labute approximate surface area is 214 Å². The van der Waals surface area contributed by atoms with Crippen LogP contribution in [0.15, 0.2) is 64.2 Å². The van der Waals surface area contributed by atoms with E-state index in [2.05, 4.69) is 22.8 Å². The standard InChI is InChI=1S/C28H27N7O2/c1-2-3-16-33-24-25(31-27(33)32-15-7-8-22(30)19-32)35(23-9-5-4-6-10-23)28(37)34(26(24)36)18-21-13-11-20(17-29)12-14-21/h4-6,9-14,22H,7-8,15-16,18-19,30H2,1H3. The van der Waals surface area contributed by atoms with Crippen molar-refractivity contribution in [3.8, 4) is 23.6 Å². The molecule has 1 aliphatic rings. The minimum absolute atomic E-state index is 0.00336. The summed E-state index contributed by atoms with van der Waals surface area (Å²) in [6, 6.07) is 18.1. The van der Waals surface area contributed by atoms with Gasteiger partial charge in [-0.2, -0.15) is 10.2 Å². The Morgan fingerprint density at radius 1 is 1.08 bits per heavy atom. The van der Waals surface area contributed by atoms with Gasteiger partial charge in [0.25, 0.3) is 5.56 Å². The molecular weight excluding hydrogens is 466 g/mol. The highest BCUT2D eigenvalue weighted by Crippen LogP contribution is 2.24. The molecule has 0 spiro atoms. The Balaban J connectivity index is 1.80. The van der Waals surface area contributed by atoms with Crippen LogP contribution in [-0.2, 0) is 13.1 Å². The van der Waals surface area contributed by atoms with Crippen molar-refractivity contribution in [2.24, 2.45) is 5.73 Å². The Morgan fingerprint density at radius 2 is 1.84 bits per heavy atom. The second-order valence-electron chi connectivity index (χ2n) is 9.10. The van der Waals surface area contributed by atoms with Gasteiger partial charge in [-0.25, -0.2) is 9.36 Å². The van der Waals surface area contributed by atoms with Crippen molar-refractivity contribution < 1.29 is 0 Å². The quantitative estimate of drug-likeness (QED) is 0.427. The lowest BCUT2D eigenvalue weighted by Gasteiger charge is -2.31. The number of nitriles is 1. The first-order valence-corrected chi connectivity index (χ1v) is 12.2. The Bertz CT molecular complexity index is 1660. The second kappa shape index (κ2) is 10.2. The number of nitrogens with zero attached hydrogens (tertiary/aromatic N) is 6. The van der Waals surface area contributed by atoms with E-state index in [1.165, 1.54) is 9.13 Å². The van der Waals surface area contributed by atoms with E-state index in [-0.39, 0.29) is 19.1 Å². The van der Waals surface area contributed by atoms with E-state index in [0.717, 1.165) is 24.9 Å². The van der Waals surface area contributed by atoms with Crippen LogP contribution in [0, 0.1) is 23.2 Å². The maximum Gasteiger partial charge on any atom is 0.337 e. The lowest BCUT2D eigenvalue weighted by atomic mass is 10.1. The smallest absolute Gasteiger partial charge is 0.337 e. The molecule has 1 atom stereocenters. The number of rotatable bonds is 5. The molecule has 0 bridgehead atoms. The van der Waals surface area contributed by atoms with Gasteiger partial charge < -0.3 is 10.6 Å². The summed E-state index contributed by atoms with van der Waals surface area (Å²) in [5, 5.41) is 9.12. The molecule has 2 aromatic heterocycles. The number of benzene rings is 2. The van der Waals surface area contributed by atoms with Crippen LogP contribution in [0.1, 0.15) is 30.9 Å². The third kappa shape index (κ3) is 4.53. The van der Waals surface area contributed by atoms with E-state index in [9.17, 15) is 9.59 Å². The number of anilines is 1. The molecule has 1 aliphatic heterocycles. The summed E-state index contributed by atoms with van der Waals surface area (Å²) in [4.78, 5) is 34.8. The highest BCUT2D eigenvalue weighted by atomic mass is 16.2. The number of nitrogens with two attached hydrogens (primary N) is 1. The van der Waals surface area contributed by atoms with Crippen molar-refractivity contribution >= 4 is 17.1 Å². The zero-order valence-corrected chi connectivity index (χ0v) is 20.6. The third-order valence-corrected chi connectivity index (χ3v) is 6.60. The van der Waals surface area contributed by atoms with Crippen molar-refractivity contribution in [3.05, 3.63) is 86.6 Å². The maximum atomic E-state index is 13.9. The predicted octanol–water partition coefficient (Wildman–Crippen LogP) is 2.22. The van der Waals surface area contributed by atoms with Crippen LogP contribution in [0.3, 0.4) is 0 Å². The molecule has 0 aliphatic carbocycles. The predicted molar refractivity (Wildman–Crippen MR) is 143 cm³/mol. The van der Waals surface area contributed by atoms with Gasteiger partial charge in [0.2, 0.25) is 5.95 Å². The minimum Gasteiger partial charge on any atom is -0.341 e. The van der Waals surface area contributed by atoms with E-state index in [4.69, 9.17) is 16.0 Å². The van der Waals surface area contributed by atoms with Crippen LogP contribution in [0.5, 0.6) is 0 Å². The summed E-state index contributed by atoms with van der Waals surface area (Å²) >= 11 is 0. The van der Waals surface area contributed by atoms with Gasteiger partial charge in [-0.1, -0.05) is 36.3 Å². The van der Waals surface area contributed by atoms with Crippen molar-refractivity contribution in [2.75, 3.05) is 18.0 Å². The fourth-order valence-corrected chi connectivity index (χ4v) is 4.78. The fourth-order valence-electron chi connectivity index (χ4n) is 4.78. The minimum atomic E-state index is -0.485. The normalized spacial score (nSPS) is 15.3. The highest BCUT2D eigenvalue weighted by Gasteiger charge is 2.27. The van der Waals surface area contributed by atoms with E-state index >= 15 is 0 Å². The number of aromatic nitrogens is 4. The van der Waals surface area contributed by atoms with Gasteiger partial charge in [0.15, 0.2) is 11.2 Å². The van der Waals surface area contributed by atoms with Gasteiger partial charge in [0, 0.05) is 19.1 Å². The van der Waals surface area contributed by atoms with E-state index in [0.29, 0.717) is 34.9 Å². The molecular formula is C28H27N7O2. The maximum absolute atomic E-state index is 13.9. The van der Waals surface area contributed by atoms with Gasteiger partial charge in [0.1, 0.15) is 0 Å². The molecule has 2 aromatic carbocycles. The Kier molecular flexibility index (Phi) is 6.63. The monoisotopic (exact) mass is 493 g/mol. The van der Waals surface area contributed by atoms with Gasteiger partial charge in [0.05, 0.1) is 30.4 Å². The summed E-state index contributed by atoms with van der Waals surface area (Å²) in [5.74, 6) is 6.56. The van der Waals surface area contributed by atoms with Crippen LogP contribution in [0.4, 0.5) is 5.95 Å². The average molecular weight is 494 g/mol. The molecule has 5 rings (SSSR count). The van der Waals surface area contributed by atoms with Gasteiger partial charge in [-0.15, -0.1) is 5.92 Å². The molecule has 4 aromatic rings. The molecule has 1 fully saturated rings. The zero-order valence-electron chi connectivity index (χ0n) is 20.6. The number of imidazole rings is 1. The fraction of sp³-hybridized carbons (Fsp3) is 0.286. The molecule has 9 nitrogen and oxygen atoms in total. The van der Waals surface area contributed by atoms with Gasteiger partial charge >= 0.3 is 5.69 Å². The molecule has 37 heavy (non-hydrogen) atoms. The number of hydrogen-bond donors (Lipinski definition) is 1. The lowest BCUT2D eigenvalue weighted by molar-refractivity contribution is 0.496. The summed E-state index contributed by atoms with van der Waals surface area (Å²) in [7, 11) is 0. The van der Waals surface area contributed by atoms with E-state index in [1.54, 1.807) is 35.8 Å². The average Bonchev–Trinajstić information content (AvgIpc) is 3.30. The molecule has 0 amide bonds. The van der Waals surface area contributed by atoms with Crippen molar-refractivity contribution in [1.29, 1.82) is 5.26 Å². The molecule has 9 heteroatoms. The van der Waals surface area contributed by atoms with Crippen LogP contribution >= 0.6 is 0 Å². The molecule has 1 saturated heterocycles. The summed E-state index contributed by atoms with van der Waals surface area (Å²) in [6.07, 6.45) is 1.84. The summed E-state index contributed by atoms with van der Waals surface area (Å²) < 4.78 is 4.52. The molecule has 2 N–H and O–H groups in total. The molecule has 1 unspecified atom stereocenters. The van der Waals surface area contributed by atoms with Crippen molar-refractivity contribution in [3.63, 3.8) is 0 Å². The van der Waals surface area contributed by atoms with Gasteiger partial charge in [-0.3, -0.25) is 13.9 Å². The first-order chi connectivity index (χ1) is 18.0. The van der Waals surface area contributed by atoms with E-state index < -0.39 is 11.2 Å². The Morgan fingerprint density at radius 3 is 2.51 bits per heavy atom. The number of piperidine rings is 1. The second-order valence-corrected chi connectivity index (χ2v) is 9.10. The first kappa shape index (κ1) is 24.1. The van der Waals surface area contributed by atoms with Gasteiger partial charge in [-0.05, 0) is 49.6 Å². The third-order valence-electron chi connectivity index (χ3n) is 6.60.